The molecule has 182 valence electrons. The van der Waals surface area contributed by atoms with Gasteiger partial charge < -0.3 is 13.9 Å². The van der Waals surface area contributed by atoms with Crippen molar-refractivity contribution in [1.29, 1.82) is 0 Å². The zero-order chi connectivity index (χ0) is 25.3. The van der Waals surface area contributed by atoms with E-state index in [4.69, 9.17) is 18.9 Å². The highest BCUT2D eigenvalue weighted by molar-refractivity contribution is 6.25. The molecule has 0 amide bonds. The summed E-state index contributed by atoms with van der Waals surface area (Å²) in [5.41, 5.74) is 7.31. The number of methoxy groups -OCH3 is 2. The van der Waals surface area contributed by atoms with Crippen molar-refractivity contribution in [3.05, 3.63) is 75.4 Å². The van der Waals surface area contributed by atoms with Crippen LogP contribution in [0.3, 0.4) is 0 Å². The lowest BCUT2D eigenvalue weighted by Gasteiger charge is -2.18. The number of oxazole rings is 1. The molecule has 0 bridgehead atoms. The highest BCUT2D eigenvalue weighted by Crippen LogP contribution is 2.37. The molecule has 0 saturated heterocycles. The van der Waals surface area contributed by atoms with E-state index in [9.17, 15) is 4.79 Å². The lowest BCUT2D eigenvalue weighted by atomic mass is 9.95. The molecule has 4 aromatic rings. The summed E-state index contributed by atoms with van der Waals surface area (Å²) in [6, 6.07) is 13.6. The van der Waals surface area contributed by atoms with E-state index < -0.39 is 5.76 Å². The molecule has 1 atom stereocenters. The molecule has 0 unspecified atom stereocenters. The van der Waals surface area contributed by atoms with Crippen LogP contribution in [0.25, 0.3) is 27.6 Å². The van der Waals surface area contributed by atoms with Crippen molar-refractivity contribution in [3.8, 4) is 5.75 Å². The third kappa shape index (κ3) is 4.28. The average molecular weight is 474 g/mol. The maximum atomic E-state index is 13.2. The van der Waals surface area contributed by atoms with E-state index in [0.717, 1.165) is 38.9 Å². The minimum absolute atomic E-state index is 0.214. The molecule has 0 saturated carbocycles. The summed E-state index contributed by atoms with van der Waals surface area (Å²) in [5, 5.41) is 0.772. The number of allylic oxidation sites excluding steroid dienone is 2. The summed E-state index contributed by atoms with van der Waals surface area (Å²) in [6.07, 6.45) is 0. The van der Waals surface area contributed by atoms with Gasteiger partial charge in [0, 0.05) is 36.4 Å². The van der Waals surface area contributed by atoms with Gasteiger partial charge in [0.15, 0.2) is 5.58 Å². The van der Waals surface area contributed by atoms with Crippen molar-refractivity contribution in [3.63, 3.8) is 0 Å². The molecule has 0 aliphatic rings. The van der Waals surface area contributed by atoms with E-state index >= 15 is 0 Å². The zero-order valence-electron chi connectivity index (χ0n) is 21.3. The molecule has 0 radical (unpaired) electrons. The first-order chi connectivity index (χ1) is 16.8. The molecular weight excluding hydrogens is 442 g/mol. The summed E-state index contributed by atoms with van der Waals surface area (Å²) in [4.78, 5) is 22.4. The van der Waals surface area contributed by atoms with E-state index in [1.807, 2.05) is 56.3 Å². The normalized spacial score (nSPS) is 12.8. The van der Waals surface area contributed by atoms with Gasteiger partial charge in [0.1, 0.15) is 17.0 Å². The standard InChI is InChI=1S/C28H31N3O4/c1-16(2)25(17(3)29-5)21-13-22-20(14-24(21)34-7)26-27(23(30-22)15-33-6)35-28(32)31(26)18(4)19-11-9-8-10-12-19/h8-14,18H,15H2,1-7H3/t18-/m1/s1. The fourth-order valence-electron chi connectivity index (χ4n) is 4.65. The van der Waals surface area contributed by atoms with Crippen LogP contribution < -0.4 is 10.5 Å². The van der Waals surface area contributed by atoms with Gasteiger partial charge in [-0.15, -0.1) is 0 Å². The number of aliphatic imine (C=N–C) groups is 1. The molecule has 7 heteroatoms. The summed E-state index contributed by atoms with van der Waals surface area (Å²) in [6.45, 7) is 8.29. The van der Waals surface area contributed by atoms with Gasteiger partial charge in [-0.05, 0) is 45.4 Å². The van der Waals surface area contributed by atoms with Crippen molar-refractivity contribution in [2.45, 2.75) is 40.3 Å². The number of fused-ring (bicyclic) bond motifs is 3. The Bertz CT molecular complexity index is 1510. The Hall–Kier alpha value is -3.71. The van der Waals surface area contributed by atoms with Crippen LogP contribution in [0.5, 0.6) is 5.75 Å². The average Bonchev–Trinajstić information content (AvgIpc) is 3.21. The first-order valence-corrected chi connectivity index (χ1v) is 11.5. The quantitative estimate of drug-likeness (QED) is 0.317. The maximum Gasteiger partial charge on any atom is 0.420 e. The monoisotopic (exact) mass is 473 g/mol. The second-order valence-corrected chi connectivity index (χ2v) is 8.75. The van der Waals surface area contributed by atoms with Gasteiger partial charge in [-0.2, -0.15) is 0 Å². The van der Waals surface area contributed by atoms with Gasteiger partial charge >= 0.3 is 5.76 Å². The molecule has 4 rings (SSSR count). The van der Waals surface area contributed by atoms with Crippen LogP contribution in [-0.2, 0) is 11.3 Å². The Balaban J connectivity index is 2.13. The molecule has 35 heavy (non-hydrogen) atoms. The summed E-state index contributed by atoms with van der Waals surface area (Å²) in [5.74, 6) is 0.233. The number of benzene rings is 2. The highest BCUT2D eigenvalue weighted by Gasteiger charge is 2.24. The highest BCUT2D eigenvalue weighted by atomic mass is 16.5. The van der Waals surface area contributed by atoms with Crippen molar-refractivity contribution in [2.24, 2.45) is 4.99 Å². The first-order valence-electron chi connectivity index (χ1n) is 11.5. The maximum absolute atomic E-state index is 13.2. The molecule has 0 aliphatic heterocycles. The van der Waals surface area contributed by atoms with Gasteiger partial charge in [0.25, 0.3) is 0 Å². The van der Waals surface area contributed by atoms with Crippen molar-refractivity contribution < 1.29 is 13.9 Å². The summed E-state index contributed by atoms with van der Waals surface area (Å²) in [7, 11) is 5.02. The molecule has 0 aliphatic carbocycles. The van der Waals surface area contributed by atoms with Gasteiger partial charge in [-0.3, -0.25) is 9.56 Å². The number of nitrogens with zero attached hydrogens (tertiary/aromatic N) is 3. The van der Waals surface area contributed by atoms with Crippen LogP contribution in [0.2, 0.25) is 0 Å². The van der Waals surface area contributed by atoms with E-state index in [1.165, 1.54) is 0 Å². The molecule has 0 spiro atoms. The van der Waals surface area contributed by atoms with Crippen molar-refractivity contribution in [1.82, 2.24) is 9.55 Å². The number of rotatable bonds is 7. The smallest absolute Gasteiger partial charge is 0.420 e. The molecule has 2 heterocycles. The lowest BCUT2D eigenvalue weighted by molar-refractivity contribution is 0.182. The van der Waals surface area contributed by atoms with Crippen molar-refractivity contribution in [2.75, 3.05) is 21.3 Å². The fourth-order valence-corrected chi connectivity index (χ4v) is 4.65. The van der Waals surface area contributed by atoms with E-state index in [0.29, 0.717) is 22.5 Å². The number of aromatic nitrogens is 2. The third-order valence-electron chi connectivity index (χ3n) is 6.35. The number of hydrogen-bond donors (Lipinski definition) is 0. The van der Waals surface area contributed by atoms with E-state index in [-0.39, 0.29) is 12.6 Å². The second kappa shape index (κ2) is 9.88. The van der Waals surface area contributed by atoms with Gasteiger partial charge in [0.2, 0.25) is 0 Å². The van der Waals surface area contributed by atoms with E-state index in [2.05, 4.69) is 18.8 Å². The Labute approximate surface area is 204 Å². The number of hydrogen-bond acceptors (Lipinski definition) is 6. The van der Waals surface area contributed by atoms with Crippen molar-refractivity contribution >= 4 is 33.3 Å². The van der Waals surface area contributed by atoms with Crippen LogP contribution >= 0.6 is 0 Å². The summed E-state index contributed by atoms with van der Waals surface area (Å²) >= 11 is 0. The molecule has 7 nitrogen and oxygen atoms in total. The first kappa shape index (κ1) is 24.4. The Morgan fingerprint density at radius 2 is 1.86 bits per heavy atom. The van der Waals surface area contributed by atoms with Crippen LogP contribution in [0.1, 0.15) is 50.6 Å². The predicted molar refractivity (Wildman–Crippen MR) is 141 cm³/mol. The molecule has 0 fully saturated rings. The van der Waals surface area contributed by atoms with Gasteiger partial charge in [0.05, 0.1) is 25.3 Å². The zero-order valence-corrected chi connectivity index (χ0v) is 21.3. The fraction of sp³-hybridized carbons (Fsp3) is 0.321. The Kier molecular flexibility index (Phi) is 6.89. The SMILES string of the molecule is CN=C(C)C(=C(C)C)c1cc2nc(COC)c3oc(=O)n([C@H](C)c4ccccc4)c3c2cc1OC. The second-order valence-electron chi connectivity index (χ2n) is 8.75. The minimum Gasteiger partial charge on any atom is -0.496 e. The number of pyridine rings is 1. The molecule has 0 N–H and O–H groups in total. The number of ether oxygens (including phenoxy) is 2. The largest absolute Gasteiger partial charge is 0.496 e. The van der Waals surface area contributed by atoms with Crippen LogP contribution in [-0.4, -0.2) is 36.5 Å². The van der Waals surface area contributed by atoms with Gasteiger partial charge in [-0.25, -0.2) is 9.78 Å². The third-order valence-corrected chi connectivity index (χ3v) is 6.35. The Morgan fingerprint density at radius 3 is 2.46 bits per heavy atom. The molecule has 2 aromatic heterocycles. The van der Waals surface area contributed by atoms with E-state index in [1.54, 1.807) is 25.8 Å². The van der Waals surface area contributed by atoms with Crippen LogP contribution in [0.15, 0.2) is 62.2 Å². The lowest BCUT2D eigenvalue weighted by Crippen LogP contribution is -2.19. The molecule has 2 aromatic carbocycles. The molecular formula is C28H31N3O4. The Morgan fingerprint density at radius 1 is 1.14 bits per heavy atom. The van der Waals surface area contributed by atoms with Crippen LogP contribution in [0.4, 0.5) is 0 Å². The van der Waals surface area contributed by atoms with Gasteiger partial charge in [-0.1, -0.05) is 35.9 Å². The minimum atomic E-state index is -0.440. The summed E-state index contributed by atoms with van der Waals surface area (Å²) < 4.78 is 18.7. The topological polar surface area (TPSA) is 78.9 Å². The van der Waals surface area contributed by atoms with Crippen LogP contribution in [0, 0.1) is 0 Å². The predicted octanol–water partition coefficient (Wildman–Crippen LogP) is 5.79.